The van der Waals surface area contributed by atoms with Crippen molar-refractivity contribution >= 4 is 38.5 Å². The Balaban J connectivity index is 2.31. The molecule has 2 aromatic rings. The molecule has 0 heterocycles. The molecule has 0 aliphatic carbocycles. The fraction of sp³-hybridized carbons (Fsp3) is 0.0769. The number of hydrogen-bond acceptors (Lipinski definition) is 0. The zero-order valence-corrected chi connectivity index (χ0v) is 12.1. The van der Waals surface area contributed by atoms with Crippen LogP contribution >= 0.6 is 38.5 Å². The van der Waals surface area contributed by atoms with Gasteiger partial charge in [0.05, 0.1) is 4.83 Å². The van der Waals surface area contributed by atoms with Crippen LogP contribution in [-0.4, -0.2) is 0 Å². The number of alkyl halides is 1. The maximum atomic E-state index is 12.8. The molecule has 0 bridgehead atoms. The third-order valence-electron chi connectivity index (χ3n) is 2.30. The summed E-state index contributed by atoms with van der Waals surface area (Å²) in [5.74, 6) is -0.203. The Bertz CT molecular complexity index is 482. The summed E-state index contributed by atoms with van der Waals surface area (Å²) in [4.78, 5) is 0.114. The van der Waals surface area contributed by atoms with Crippen LogP contribution in [0, 0.1) is 9.39 Å². The Kier molecular flexibility index (Phi) is 3.97. The average molecular weight is 391 g/mol. The van der Waals surface area contributed by atoms with E-state index in [2.05, 4.69) is 56.7 Å². The Labute approximate surface area is 116 Å². The van der Waals surface area contributed by atoms with Crippen LogP contribution in [0.5, 0.6) is 0 Å². The van der Waals surface area contributed by atoms with Gasteiger partial charge in [0.25, 0.3) is 0 Å². The fourth-order valence-electron chi connectivity index (χ4n) is 1.49. The van der Waals surface area contributed by atoms with E-state index in [-0.39, 0.29) is 10.6 Å². The fourth-order valence-corrected chi connectivity index (χ4v) is 2.65. The van der Waals surface area contributed by atoms with Crippen molar-refractivity contribution in [1.29, 1.82) is 0 Å². The minimum atomic E-state index is -0.203. The summed E-state index contributed by atoms with van der Waals surface area (Å²) in [6, 6.07) is 14.8. The zero-order valence-electron chi connectivity index (χ0n) is 8.33. The molecule has 0 saturated heterocycles. The lowest BCUT2D eigenvalue weighted by Crippen LogP contribution is -1.93. The lowest BCUT2D eigenvalue weighted by atomic mass is 10.1. The van der Waals surface area contributed by atoms with E-state index in [4.69, 9.17) is 0 Å². The van der Waals surface area contributed by atoms with E-state index >= 15 is 0 Å². The first kappa shape index (κ1) is 12.0. The second-order valence-corrected chi connectivity index (χ2v) is 5.63. The van der Waals surface area contributed by atoms with Crippen LogP contribution in [0.15, 0.2) is 48.5 Å². The maximum Gasteiger partial charge on any atom is 0.123 e. The van der Waals surface area contributed by atoms with Crippen molar-refractivity contribution in [2.24, 2.45) is 0 Å². The minimum Gasteiger partial charge on any atom is -0.207 e. The molecule has 0 saturated carbocycles. The lowest BCUT2D eigenvalue weighted by molar-refractivity contribution is 0.627. The number of hydrogen-bond donors (Lipinski definition) is 0. The van der Waals surface area contributed by atoms with Crippen molar-refractivity contribution in [3.63, 3.8) is 0 Å². The van der Waals surface area contributed by atoms with Gasteiger partial charge in [-0.2, -0.15) is 0 Å². The third-order valence-corrected chi connectivity index (χ3v) is 4.03. The first-order valence-corrected chi connectivity index (χ1v) is 6.81. The van der Waals surface area contributed by atoms with Crippen molar-refractivity contribution in [1.82, 2.24) is 0 Å². The van der Waals surface area contributed by atoms with Gasteiger partial charge in [-0.1, -0.05) is 40.2 Å². The van der Waals surface area contributed by atoms with Gasteiger partial charge in [0.15, 0.2) is 0 Å². The molecule has 0 N–H and O–H groups in total. The SMILES string of the molecule is Fc1ccc(C(Br)c2cccc(I)c2)cc1. The lowest BCUT2D eigenvalue weighted by Gasteiger charge is -2.10. The van der Waals surface area contributed by atoms with E-state index < -0.39 is 0 Å². The predicted octanol–water partition coefficient (Wildman–Crippen LogP) is 4.91. The molecular formula is C13H9BrFI. The molecule has 0 radical (unpaired) electrons. The van der Waals surface area contributed by atoms with Crippen molar-refractivity contribution < 1.29 is 4.39 Å². The Morgan fingerprint density at radius 1 is 1.00 bits per heavy atom. The highest BCUT2D eigenvalue weighted by Gasteiger charge is 2.10. The first-order chi connectivity index (χ1) is 7.66. The van der Waals surface area contributed by atoms with Crippen LogP contribution in [0.2, 0.25) is 0 Å². The number of halogens is 3. The largest absolute Gasteiger partial charge is 0.207 e. The highest BCUT2D eigenvalue weighted by molar-refractivity contribution is 14.1. The molecule has 0 aliphatic heterocycles. The molecule has 0 aliphatic rings. The van der Waals surface area contributed by atoms with Crippen LogP contribution in [0.4, 0.5) is 4.39 Å². The van der Waals surface area contributed by atoms with Gasteiger partial charge in [0, 0.05) is 3.57 Å². The van der Waals surface area contributed by atoms with Gasteiger partial charge in [-0.3, -0.25) is 0 Å². The van der Waals surface area contributed by atoms with Gasteiger partial charge in [0.2, 0.25) is 0 Å². The monoisotopic (exact) mass is 390 g/mol. The highest BCUT2D eigenvalue weighted by atomic mass is 127. The van der Waals surface area contributed by atoms with E-state index in [1.807, 2.05) is 6.07 Å². The molecule has 1 unspecified atom stereocenters. The average Bonchev–Trinajstić information content (AvgIpc) is 2.29. The molecule has 0 spiro atoms. The summed E-state index contributed by atoms with van der Waals surface area (Å²) in [5, 5.41) is 0. The second kappa shape index (κ2) is 5.27. The van der Waals surface area contributed by atoms with Crippen molar-refractivity contribution in [2.45, 2.75) is 4.83 Å². The van der Waals surface area contributed by atoms with Gasteiger partial charge in [-0.15, -0.1) is 0 Å². The summed E-state index contributed by atoms with van der Waals surface area (Å²) < 4.78 is 14.0. The molecule has 82 valence electrons. The molecule has 3 heteroatoms. The second-order valence-electron chi connectivity index (χ2n) is 3.47. The van der Waals surface area contributed by atoms with Gasteiger partial charge in [-0.25, -0.2) is 4.39 Å². The molecule has 2 aromatic carbocycles. The van der Waals surface area contributed by atoms with Crippen molar-refractivity contribution in [2.75, 3.05) is 0 Å². The summed E-state index contributed by atoms with van der Waals surface area (Å²) in [7, 11) is 0. The molecule has 0 amide bonds. The molecular weight excluding hydrogens is 382 g/mol. The normalized spacial score (nSPS) is 12.4. The summed E-state index contributed by atoms with van der Waals surface area (Å²) in [6.45, 7) is 0. The third kappa shape index (κ3) is 2.83. The minimum absolute atomic E-state index is 0.114. The Morgan fingerprint density at radius 3 is 2.31 bits per heavy atom. The molecule has 0 aromatic heterocycles. The summed E-state index contributed by atoms with van der Waals surface area (Å²) >= 11 is 5.91. The highest BCUT2D eigenvalue weighted by Crippen LogP contribution is 2.31. The summed E-state index contributed by atoms with van der Waals surface area (Å²) in [5.41, 5.74) is 2.24. The number of benzene rings is 2. The predicted molar refractivity (Wildman–Crippen MR) is 76.3 cm³/mol. The molecule has 2 rings (SSSR count). The van der Waals surface area contributed by atoms with E-state index in [0.29, 0.717) is 0 Å². The van der Waals surface area contributed by atoms with Gasteiger partial charge in [0.1, 0.15) is 5.82 Å². The van der Waals surface area contributed by atoms with E-state index in [1.165, 1.54) is 21.3 Å². The van der Waals surface area contributed by atoms with Crippen LogP contribution in [-0.2, 0) is 0 Å². The van der Waals surface area contributed by atoms with Crippen molar-refractivity contribution in [3.8, 4) is 0 Å². The zero-order chi connectivity index (χ0) is 11.5. The number of rotatable bonds is 2. The van der Waals surface area contributed by atoms with Crippen LogP contribution in [0.1, 0.15) is 16.0 Å². The summed E-state index contributed by atoms with van der Waals surface area (Å²) in [6.07, 6.45) is 0. The van der Waals surface area contributed by atoms with Gasteiger partial charge in [-0.05, 0) is 58.0 Å². The smallest absolute Gasteiger partial charge is 0.123 e. The molecule has 0 nitrogen and oxygen atoms in total. The first-order valence-electron chi connectivity index (χ1n) is 4.82. The van der Waals surface area contributed by atoms with E-state index in [9.17, 15) is 4.39 Å². The maximum absolute atomic E-state index is 12.8. The van der Waals surface area contributed by atoms with Crippen molar-refractivity contribution in [3.05, 3.63) is 69.0 Å². The van der Waals surface area contributed by atoms with Gasteiger partial charge >= 0.3 is 0 Å². The standard InChI is InChI=1S/C13H9BrFI/c14-13(9-4-6-11(15)7-5-9)10-2-1-3-12(16)8-10/h1-8,13H. The Morgan fingerprint density at radius 2 is 1.69 bits per heavy atom. The van der Waals surface area contributed by atoms with Gasteiger partial charge < -0.3 is 0 Å². The van der Waals surface area contributed by atoms with E-state index in [0.717, 1.165) is 5.56 Å². The molecule has 0 fully saturated rings. The van der Waals surface area contributed by atoms with Crippen LogP contribution in [0.3, 0.4) is 0 Å². The van der Waals surface area contributed by atoms with Crippen LogP contribution in [0.25, 0.3) is 0 Å². The quantitative estimate of drug-likeness (QED) is 0.504. The van der Waals surface area contributed by atoms with Crippen LogP contribution < -0.4 is 0 Å². The Hall–Kier alpha value is -0.420. The topological polar surface area (TPSA) is 0 Å². The van der Waals surface area contributed by atoms with E-state index in [1.54, 1.807) is 12.1 Å². The molecule has 1 atom stereocenters. The molecule has 16 heavy (non-hydrogen) atoms.